The number of hydrogen-bond acceptors (Lipinski definition) is 5. The molecule has 0 aliphatic carbocycles. The summed E-state index contributed by atoms with van der Waals surface area (Å²) in [7, 11) is -7.24. The Labute approximate surface area is 124 Å². The molecule has 2 rings (SSSR count). The van der Waals surface area contributed by atoms with Crippen LogP contribution in [0.4, 0.5) is 5.69 Å². The zero-order chi connectivity index (χ0) is 15.7. The van der Waals surface area contributed by atoms with Gasteiger partial charge in [-0.05, 0) is 30.7 Å². The molecule has 0 atom stereocenters. The molecule has 1 amide bonds. The maximum absolute atomic E-state index is 11.9. The average Bonchev–Trinajstić information content (AvgIpc) is 2.70. The number of anilines is 1. The molecular formula is C12H16N2O5S2. The smallest absolute Gasteiger partial charge is 0.242 e. The van der Waals surface area contributed by atoms with Gasteiger partial charge in [0.2, 0.25) is 26.0 Å². The van der Waals surface area contributed by atoms with Crippen molar-refractivity contribution in [3.8, 4) is 0 Å². The fourth-order valence-corrected chi connectivity index (χ4v) is 4.54. The first-order valence-corrected chi connectivity index (χ1v) is 9.53. The maximum Gasteiger partial charge on any atom is 0.242 e. The fraction of sp³-hybridized carbons (Fsp3) is 0.417. The Balaban J connectivity index is 2.30. The Bertz CT molecular complexity index is 738. The molecule has 1 fully saturated rings. The Kier molecular flexibility index (Phi) is 4.35. The number of amides is 1. The van der Waals surface area contributed by atoms with E-state index >= 15 is 0 Å². The van der Waals surface area contributed by atoms with E-state index in [0.717, 1.165) is 4.31 Å². The van der Waals surface area contributed by atoms with Crippen LogP contribution in [0.5, 0.6) is 0 Å². The lowest BCUT2D eigenvalue weighted by atomic mass is 10.3. The fourth-order valence-electron chi connectivity index (χ4n) is 1.95. The highest BCUT2D eigenvalue weighted by Gasteiger charge is 2.36. The van der Waals surface area contributed by atoms with Crippen molar-refractivity contribution in [1.29, 1.82) is 0 Å². The number of rotatable bonds is 5. The summed E-state index contributed by atoms with van der Waals surface area (Å²) in [6.07, 6.45) is 0.609. The number of carbonyl (C=O) groups is 1. The lowest BCUT2D eigenvalue weighted by molar-refractivity contribution is -0.116. The lowest BCUT2D eigenvalue weighted by Gasteiger charge is -2.15. The zero-order valence-corrected chi connectivity index (χ0v) is 13.1. The van der Waals surface area contributed by atoms with Gasteiger partial charge in [-0.2, -0.15) is 0 Å². The van der Waals surface area contributed by atoms with Crippen LogP contribution in [0.3, 0.4) is 0 Å². The molecule has 9 heteroatoms. The minimum absolute atomic E-state index is 0.0312. The maximum atomic E-state index is 11.9. The minimum Gasteiger partial charge on any atom is -0.273 e. The molecule has 116 valence electrons. The molecule has 1 aliphatic heterocycles. The lowest BCUT2D eigenvalue weighted by Crippen LogP contribution is -2.29. The summed E-state index contributed by atoms with van der Waals surface area (Å²) in [5, 5.41) is 0. The predicted octanol–water partition coefficient (Wildman–Crippen LogP) is 0.441. The van der Waals surface area contributed by atoms with Crippen molar-refractivity contribution in [1.82, 2.24) is 4.72 Å². The number of sulfonamides is 2. The van der Waals surface area contributed by atoms with Gasteiger partial charge < -0.3 is 0 Å². The van der Waals surface area contributed by atoms with Gasteiger partial charge in [-0.15, -0.1) is 0 Å². The van der Waals surface area contributed by atoms with E-state index in [1.54, 1.807) is 0 Å². The van der Waals surface area contributed by atoms with E-state index in [-0.39, 0.29) is 22.8 Å². The normalized spacial score (nSPS) is 18.1. The minimum atomic E-state index is -3.63. The quantitative estimate of drug-likeness (QED) is 0.843. The predicted molar refractivity (Wildman–Crippen MR) is 77.8 cm³/mol. The van der Waals surface area contributed by atoms with Gasteiger partial charge in [0, 0.05) is 13.0 Å². The first-order valence-electron chi connectivity index (χ1n) is 6.43. The van der Waals surface area contributed by atoms with Crippen LogP contribution in [0.1, 0.15) is 19.8 Å². The van der Waals surface area contributed by atoms with E-state index < -0.39 is 26.0 Å². The summed E-state index contributed by atoms with van der Waals surface area (Å²) >= 11 is 0. The topological polar surface area (TPSA) is 101 Å². The van der Waals surface area contributed by atoms with Crippen molar-refractivity contribution >= 4 is 31.6 Å². The molecule has 1 heterocycles. The molecule has 21 heavy (non-hydrogen) atoms. The molecule has 0 saturated carbocycles. The Hall–Kier alpha value is -1.45. The number of nitrogens with zero attached hydrogens (tertiary/aromatic N) is 1. The molecule has 0 aromatic heterocycles. The summed E-state index contributed by atoms with van der Waals surface area (Å²) in [5.74, 6) is -0.723. The summed E-state index contributed by atoms with van der Waals surface area (Å²) in [6, 6.07) is 5.21. The van der Waals surface area contributed by atoms with E-state index in [1.165, 1.54) is 24.3 Å². The molecule has 1 saturated heterocycles. The highest BCUT2D eigenvalue weighted by Crippen LogP contribution is 2.26. The summed E-state index contributed by atoms with van der Waals surface area (Å²) in [5.41, 5.74) is 0.159. The van der Waals surface area contributed by atoms with E-state index in [4.69, 9.17) is 0 Å². The van der Waals surface area contributed by atoms with E-state index in [9.17, 15) is 21.6 Å². The SMILES string of the molecule is CCCNS(=O)(=O)c1ccc(N2C(=O)CCS2(=O)=O)cc1. The van der Waals surface area contributed by atoms with Crippen LogP contribution < -0.4 is 9.03 Å². The number of benzene rings is 1. The molecule has 1 aromatic rings. The van der Waals surface area contributed by atoms with Crippen molar-refractivity contribution in [3.05, 3.63) is 24.3 Å². The second-order valence-corrected chi connectivity index (χ2v) is 8.32. The van der Waals surface area contributed by atoms with Gasteiger partial charge in [0.15, 0.2) is 0 Å². The van der Waals surface area contributed by atoms with E-state index in [0.29, 0.717) is 13.0 Å². The van der Waals surface area contributed by atoms with Crippen molar-refractivity contribution in [2.45, 2.75) is 24.7 Å². The van der Waals surface area contributed by atoms with Gasteiger partial charge in [0.1, 0.15) is 0 Å². The second-order valence-electron chi connectivity index (χ2n) is 4.62. The molecule has 1 aromatic carbocycles. The summed E-state index contributed by atoms with van der Waals surface area (Å²) in [4.78, 5) is 11.7. The second kappa shape index (κ2) is 5.74. The Morgan fingerprint density at radius 2 is 1.86 bits per heavy atom. The third kappa shape index (κ3) is 3.25. The average molecular weight is 332 g/mol. The van der Waals surface area contributed by atoms with Gasteiger partial charge in [-0.3, -0.25) is 4.79 Å². The Morgan fingerprint density at radius 1 is 1.24 bits per heavy atom. The van der Waals surface area contributed by atoms with Crippen molar-refractivity contribution in [3.63, 3.8) is 0 Å². The van der Waals surface area contributed by atoms with Gasteiger partial charge in [0.05, 0.1) is 16.3 Å². The van der Waals surface area contributed by atoms with E-state index in [2.05, 4.69) is 4.72 Å². The van der Waals surface area contributed by atoms with Crippen LogP contribution in [-0.4, -0.2) is 35.0 Å². The van der Waals surface area contributed by atoms with Gasteiger partial charge >= 0.3 is 0 Å². The number of nitrogens with one attached hydrogen (secondary N) is 1. The number of hydrogen-bond donors (Lipinski definition) is 1. The van der Waals surface area contributed by atoms with Crippen LogP contribution >= 0.6 is 0 Å². The monoisotopic (exact) mass is 332 g/mol. The van der Waals surface area contributed by atoms with Gasteiger partial charge in [-0.25, -0.2) is 25.9 Å². The highest BCUT2D eigenvalue weighted by molar-refractivity contribution is 7.94. The Morgan fingerprint density at radius 3 is 2.33 bits per heavy atom. The van der Waals surface area contributed by atoms with Crippen molar-refractivity contribution in [2.24, 2.45) is 0 Å². The summed E-state index contributed by atoms with van der Waals surface area (Å²) in [6.45, 7) is 2.17. The van der Waals surface area contributed by atoms with Gasteiger partial charge in [0.25, 0.3) is 0 Å². The third-order valence-electron chi connectivity index (χ3n) is 3.00. The van der Waals surface area contributed by atoms with E-state index in [1.807, 2.05) is 6.92 Å². The van der Waals surface area contributed by atoms with Crippen LogP contribution in [0, 0.1) is 0 Å². The largest absolute Gasteiger partial charge is 0.273 e. The van der Waals surface area contributed by atoms with Crippen molar-refractivity contribution < 1.29 is 21.6 Å². The van der Waals surface area contributed by atoms with Gasteiger partial charge in [-0.1, -0.05) is 6.92 Å². The molecule has 0 radical (unpaired) electrons. The molecule has 0 spiro atoms. The first kappa shape index (κ1) is 15.9. The van der Waals surface area contributed by atoms with Crippen LogP contribution in [0.15, 0.2) is 29.2 Å². The van der Waals surface area contributed by atoms with Crippen LogP contribution in [0.25, 0.3) is 0 Å². The first-order chi connectivity index (χ1) is 9.78. The molecule has 1 N–H and O–H groups in total. The molecular weight excluding hydrogens is 316 g/mol. The van der Waals surface area contributed by atoms with Crippen molar-refractivity contribution in [2.75, 3.05) is 16.6 Å². The molecule has 0 bridgehead atoms. The number of carbonyl (C=O) groups excluding carboxylic acids is 1. The summed E-state index contributed by atoms with van der Waals surface area (Å²) < 4.78 is 50.5. The zero-order valence-electron chi connectivity index (χ0n) is 11.4. The van der Waals surface area contributed by atoms with Crippen LogP contribution in [0.2, 0.25) is 0 Å². The third-order valence-corrected chi connectivity index (χ3v) is 6.17. The molecule has 0 unspecified atom stereocenters. The highest BCUT2D eigenvalue weighted by atomic mass is 32.2. The standard InChI is InChI=1S/C12H16N2O5S2/c1-2-8-13-21(18,19)11-5-3-10(4-6-11)14-12(15)7-9-20(14,16)17/h3-6,13H,2,7-9H2,1H3. The molecule has 7 nitrogen and oxygen atoms in total. The molecule has 1 aliphatic rings. The van der Waals surface area contributed by atoms with Crippen LogP contribution in [-0.2, 0) is 24.8 Å².